The van der Waals surface area contributed by atoms with Gasteiger partial charge in [-0.05, 0) is 40.3 Å². The number of halogens is 4. The second-order valence-corrected chi connectivity index (χ2v) is 6.21. The number of hydroxylamine groups is 1. The summed E-state index contributed by atoms with van der Waals surface area (Å²) in [4.78, 5) is 16.5. The van der Waals surface area contributed by atoms with Gasteiger partial charge in [-0.25, -0.2) is 0 Å². The lowest BCUT2D eigenvalue weighted by atomic mass is 10.00. The molecule has 2 aromatic carbocycles. The fourth-order valence-corrected chi connectivity index (χ4v) is 2.85. The van der Waals surface area contributed by atoms with Gasteiger partial charge in [0.05, 0.1) is 16.8 Å². The van der Waals surface area contributed by atoms with Crippen molar-refractivity contribution in [2.45, 2.75) is 13.1 Å². The molecule has 0 atom stereocenters. The Morgan fingerprint density at radius 2 is 2.04 bits per heavy atom. The number of alkyl halides is 3. The van der Waals surface area contributed by atoms with Crippen LogP contribution < -0.4 is 10.3 Å². The summed E-state index contributed by atoms with van der Waals surface area (Å²) in [6, 6.07) is 8.48. The van der Waals surface area contributed by atoms with Crippen LogP contribution in [0.3, 0.4) is 0 Å². The van der Waals surface area contributed by atoms with Crippen LogP contribution in [0.15, 0.2) is 47.2 Å². The van der Waals surface area contributed by atoms with E-state index in [9.17, 15) is 18.0 Å². The zero-order valence-corrected chi connectivity index (χ0v) is 15.2. The molecule has 0 radical (unpaired) electrons. The van der Waals surface area contributed by atoms with Gasteiger partial charge in [-0.1, -0.05) is 28.1 Å². The van der Waals surface area contributed by atoms with E-state index in [4.69, 9.17) is 4.84 Å². The molecular weight excluding hydrogens is 431 g/mol. The van der Waals surface area contributed by atoms with Gasteiger partial charge in [0.25, 0.3) is 0 Å². The average molecular weight is 442 g/mol. The second-order valence-electron chi connectivity index (χ2n) is 5.36. The molecule has 1 N–H and O–H groups in total. The SMILES string of the molecule is CC(=O)NOc1cccc(-n2cnnn2)c1-c1ccc(Br)c(C(F)(F)F)c1. The summed E-state index contributed by atoms with van der Waals surface area (Å²) in [5, 5.41) is 10.9. The molecule has 1 aromatic heterocycles. The maximum Gasteiger partial charge on any atom is 0.417 e. The van der Waals surface area contributed by atoms with Crippen molar-refractivity contribution in [2.24, 2.45) is 0 Å². The first-order valence-electron chi connectivity index (χ1n) is 7.44. The number of hydrogen-bond donors (Lipinski definition) is 1. The topological polar surface area (TPSA) is 81.9 Å². The summed E-state index contributed by atoms with van der Waals surface area (Å²) < 4.78 is 41.1. The maximum atomic E-state index is 13.3. The molecule has 0 bridgehead atoms. The third-order valence-corrected chi connectivity index (χ3v) is 4.16. The van der Waals surface area contributed by atoms with Gasteiger partial charge in [0.1, 0.15) is 6.33 Å². The number of tetrazole rings is 1. The zero-order chi connectivity index (χ0) is 19.6. The smallest absolute Gasteiger partial charge is 0.379 e. The summed E-state index contributed by atoms with van der Waals surface area (Å²) in [5.74, 6) is -0.339. The molecule has 3 aromatic rings. The summed E-state index contributed by atoms with van der Waals surface area (Å²) in [6.07, 6.45) is -3.26. The largest absolute Gasteiger partial charge is 0.417 e. The third-order valence-electron chi connectivity index (χ3n) is 3.47. The molecule has 0 unspecified atom stereocenters. The Morgan fingerprint density at radius 3 is 2.67 bits per heavy atom. The quantitative estimate of drug-likeness (QED) is 0.626. The zero-order valence-electron chi connectivity index (χ0n) is 13.7. The van der Waals surface area contributed by atoms with Gasteiger partial charge in [0, 0.05) is 11.4 Å². The van der Waals surface area contributed by atoms with Crippen LogP contribution >= 0.6 is 15.9 Å². The number of nitrogens with one attached hydrogen (secondary N) is 1. The first-order valence-corrected chi connectivity index (χ1v) is 8.23. The van der Waals surface area contributed by atoms with Crippen LogP contribution in [0, 0.1) is 0 Å². The van der Waals surface area contributed by atoms with Crippen LogP contribution in [0.4, 0.5) is 13.2 Å². The maximum absolute atomic E-state index is 13.3. The lowest BCUT2D eigenvalue weighted by molar-refractivity contribution is -0.138. The van der Waals surface area contributed by atoms with E-state index in [0.717, 1.165) is 6.07 Å². The molecule has 3 rings (SSSR count). The highest BCUT2D eigenvalue weighted by molar-refractivity contribution is 9.10. The molecule has 0 aliphatic rings. The lowest BCUT2D eigenvalue weighted by Gasteiger charge is -2.17. The predicted octanol–water partition coefficient (Wildman–Crippen LogP) is 3.54. The molecule has 0 saturated heterocycles. The number of carbonyl (C=O) groups is 1. The summed E-state index contributed by atoms with van der Waals surface area (Å²) >= 11 is 2.92. The number of hydrogen-bond acceptors (Lipinski definition) is 5. The number of nitrogens with zero attached hydrogens (tertiary/aromatic N) is 4. The van der Waals surface area contributed by atoms with Crippen molar-refractivity contribution >= 4 is 21.8 Å². The highest BCUT2D eigenvalue weighted by atomic mass is 79.9. The Kier molecular flexibility index (Phi) is 5.13. The highest BCUT2D eigenvalue weighted by Crippen LogP contribution is 2.41. The lowest BCUT2D eigenvalue weighted by Crippen LogP contribution is -2.24. The molecule has 0 aliphatic heterocycles. The highest BCUT2D eigenvalue weighted by Gasteiger charge is 2.33. The van der Waals surface area contributed by atoms with E-state index < -0.39 is 17.6 Å². The van der Waals surface area contributed by atoms with E-state index in [1.807, 2.05) is 0 Å². The standard InChI is InChI=1S/C16H11BrF3N5O2/c1-9(26)22-27-14-4-2-3-13(25-8-21-23-24-25)15(14)10-5-6-12(17)11(7-10)16(18,19)20/h2-8H,1H3,(H,22,26). The number of benzene rings is 2. The van der Waals surface area contributed by atoms with Gasteiger partial charge >= 0.3 is 6.18 Å². The number of aromatic nitrogens is 4. The third kappa shape index (κ3) is 4.08. The normalized spacial score (nSPS) is 11.3. The average Bonchev–Trinajstić information content (AvgIpc) is 3.13. The van der Waals surface area contributed by atoms with E-state index in [2.05, 4.69) is 36.9 Å². The Labute approximate surface area is 159 Å². The molecule has 27 heavy (non-hydrogen) atoms. The molecule has 7 nitrogen and oxygen atoms in total. The molecule has 0 fully saturated rings. The molecule has 11 heteroatoms. The number of rotatable bonds is 4. The van der Waals surface area contributed by atoms with Gasteiger partial charge in [0.15, 0.2) is 5.75 Å². The van der Waals surface area contributed by atoms with Crippen LogP contribution in [-0.4, -0.2) is 26.1 Å². The molecule has 1 amide bonds. The Balaban J connectivity index is 2.22. The monoisotopic (exact) mass is 441 g/mol. The van der Waals surface area contributed by atoms with E-state index in [-0.39, 0.29) is 21.3 Å². The van der Waals surface area contributed by atoms with E-state index in [1.165, 1.54) is 36.1 Å². The van der Waals surface area contributed by atoms with Crippen LogP contribution in [0.2, 0.25) is 0 Å². The van der Waals surface area contributed by atoms with Crippen LogP contribution in [-0.2, 0) is 11.0 Å². The van der Waals surface area contributed by atoms with Crippen molar-refractivity contribution in [3.05, 3.63) is 52.8 Å². The summed E-state index contributed by atoms with van der Waals surface area (Å²) in [6.45, 7) is 1.24. The Bertz CT molecular complexity index is 977. The first-order chi connectivity index (χ1) is 12.8. The molecular formula is C16H11BrF3N5O2. The molecule has 0 spiro atoms. The van der Waals surface area contributed by atoms with Gasteiger partial charge < -0.3 is 4.84 Å². The van der Waals surface area contributed by atoms with Crippen LogP contribution in [0.5, 0.6) is 5.75 Å². The van der Waals surface area contributed by atoms with Gasteiger partial charge in [-0.2, -0.15) is 23.3 Å². The summed E-state index contributed by atoms with van der Waals surface area (Å²) in [7, 11) is 0. The van der Waals surface area contributed by atoms with Crippen molar-refractivity contribution in [2.75, 3.05) is 0 Å². The number of amides is 1. The van der Waals surface area contributed by atoms with E-state index >= 15 is 0 Å². The summed E-state index contributed by atoms with van der Waals surface area (Å²) in [5.41, 5.74) is 2.17. The first kappa shape index (κ1) is 18.8. The van der Waals surface area contributed by atoms with Crippen molar-refractivity contribution in [1.29, 1.82) is 0 Å². The van der Waals surface area contributed by atoms with E-state index in [1.54, 1.807) is 12.1 Å². The molecule has 0 aliphatic carbocycles. The van der Waals surface area contributed by atoms with Crippen LogP contribution in [0.1, 0.15) is 12.5 Å². The van der Waals surface area contributed by atoms with Gasteiger partial charge in [-0.3, -0.25) is 4.79 Å². The minimum atomic E-state index is -4.56. The van der Waals surface area contributed by atoms with E-state index in [0.29, 0.717) is 5.69 Å². The minimum Gasteiger partial charge on any atom is -0.379 e. The second kappa shape index (κ2) is 7.35. The Hall–Kier alpha value is -2.95. The Morgan fingerprint density at radius 1 is 1.26 bits per heavy atom. The van der Waals surface area contributed by atoms with Crippen LogP contribution in [0.25, 0.3) is 16.8 Å². The van der Waals surface area contributed by atoms with Gasteiger partial charge in [0.2, 0.25) is 5.91 Å². The number of carbonyl (C=O) groups excluding carboxylic acids is 1. The van der Waals surface area contributed by atoms with Crippen molar-refractivity contribution in [3.8, 4) is 22.6 Å². The van der Waals surface area contributed by atoms with Crippen molar-refractivity contribution < 1.29 is 22.8 Å². The minimum absolute atomic E-state index is 0.0945. The van der Waals surface area contributed by atoms with Crippen molar-refractivity contribution in [1.82, 2.24) is 25.7 Å². The molecule has 0 saturated carbocycles. The van der Waals surface area contributed by atoms with Gasteiger partial charge in [-0.15, -0.1) is 5.10 Å². The fourth-order valence-electron chi connectivity index (χ4n) is 2.38. The fraction of sp³-hybridized carbons (Fsp3) is 0.125. The molecule has 1 heterocycles. The predicted molar refractivity (Wildman–Crippen MR) is 91.7 cm³/mol. The van der Waals surface area contributed by atoms with Crippen molar-refractivity contribution in [3.63, 3.8) is 0 Å². The molecule has 140 valence electrons.